The van der Waals surface area contributed by atoms with Crippen LogP contribution in [0.4, 0.5) is 0 Å². The van der Waals surface area contributed by atoms with Crippen molar-refractivity contribution in [1.29, 1.82) is 0 Å². The van der Waals surface area contributed by atoms with Gasteiger partial charge in [-0.15, -0.1) is 0 Å². The molecule has 5 nitrogen and oxygen atoms in total. The Kier molecular flexibility index (Phi) is 3.55. The van der Waals surface area contributed by atoms with E-state index in [2.05, 4.69) is 15.5 Å². The monoisotopic (exact) mass is 251 g/mol. The highest BCUT2D eigenvalue weighted by atomic mass is 32.1. The number of thiophene rings is 1. The Balaban J connectivity index is 2.11. The van der Waals surface area contributed by atoms with E-state index in [4.69, 9.17) is 5.11 Å². The van der Waals surface area contributed by atoms with Gasteiger partial charge in [-0.1, -0.05) is 0 Å². The summed E-state index contributed by atoms with van der Waals surface area (Å²) in [7, 11) is 0. The molecule has 2 aromatic heterocycles. The van der Waals surface area contributed by atoms with Crippen molar-refractivity contribution in [2.24, 2.45) is 0 Å². The van der Waals surface area contributed by atoms with E-state index >= 15 is 0 Å². The molecule has 3 N–H and O–H groups in total. The quantitative estimate of drug-likeness (QED) is 0.765. The van der Waals surface area contributed by atoms with E-state index in [1.54, 1.807) is 24.3 Å². The van der Waals surface area contributed by atoms with Crippen LogP contribution < -0.4 is 5.32 Å². The molecule has 0 aromatic carbocycles. The summed E-state index contributed by atoms with van der Waals surface area (Å²) in [6.45, 7) is 1.64. The normalized spacial score (nSPS) is 12.4. The number of rotatable bonds is 4. The average Bonchev–Trinajstić information content (AvgIpc) is 2.98. The number of aliphatic hydroxyl groups is 1. The van der Waals surface area contributed by atoms with Crippen LogP contribution in [0.25, 0.3) is 11.3 Å². The molecule has 0 unspecified atom stereocenters. The number of H-pyrrole nitrogens is 1. The van der Waals surface area contributed by atoms with Crippen molar-refractivity contribution in [2.75, 3.05) is 6.61 Å². The van der Waals surface area contributed by atoms with Crippen molar-refractivity contribution < 1.29 is 9.90 Å². The van der Waals surface area contributed by atoms with Crippen LogP contribution in [0.1, 0.15) is 17.4 Å². The summed E-state index contributed by atoms with van der Waals surface area (Å²) < 4.78 is 0. The van der Waals surface area contributed by atoms with Crippen molar-refractivity contribution in [1.82, 2.24) is 15.5 Å². The van der Waals surface area contributed by atoms with E-state index < -0.39 is 0 Å². The molecule has 0 bridgehead atoms. The van der Waals surface area contributed by atoms with Gasteiger partial charge < -0.3 is 10.4 Å². The van der Waals surface area contributed by atoms with Crippen LogP contribution in [-0.2, 0) is 0 Å². The fraction of sp³-hybridized carbons (Fsp3) is 0.273. The Morgan fingerprint density at radius 2 is 2.53 bits per heavy atom. The summed E-state index contributed by atoms with van der Waals surface area (Å²) in [5, 5.41) is 22.2. The van der Waals surface area contributed by atoms with Gasteiger partial charge in [-0.2, -0.15) is 16.4 Å². The second-order valence-electron chi connectivity index (χ2n) is 3.74. The van der Waals surface area contributed by atoms with Crippen molar-refractivity contribution >= 4 is 17.2 Å². The summed E-state index contributed by atoms with van der Waals surface area (Å²) in [6, 6.07) is 3.37. The number of nitrogens with one attached hydrogen (secondary N) is 2. The lowest BCUT2D eigenvalue weighted by Crippen LogP contribution is -2.35. The molecule has 0 fully saturated rings. The Bertz CT molecular complexity index is 493. The molecule has 1 atom stereocenters. The molecule has 0 saturated carbocycles. The molecule has 0 saturated heterocycles. The van der Waals surface area contributed by atoms with Crippen molar-refractivity contribution in [3.8, 4) is 11.3 Å². The zero-order valence-electron chi connectivity index (χ0n) is 9.30. The predicted octanol–water partition coefficient (Wildman–Crippen LogP) is 1.25. The number of carbonyl (C=O) groups excluding carboxylic acids is 1. The standard InChI is InChI=1S/C11H13N3O2S/c1-7(5-15)12-11(16)10-4-9(13-14-10)8-2-3-17-6-8/h2-4,6-7,15H,5H2,1H3,(H,12,16)(H,13,14)/t7-/m0/s1. The fourth-order valence-corrected chi connectivity index (χ4v) is 1.99. The highest BCUT2D eigenvalue weighted by Crippen LogP contribution is 2.20. The molecule has 1 amide bonds. The van der Waals surface area contributed by atoms with Gasteiger partial charge in [-0.3, -0.25) is 9.89 Å². The zero-order chi connectivity index (χ0) is 12.3. The first kappa shape index (κ1) is 11.8. The van der Waals surface area contributed by atoms with Crippen LogP contribution in [0, 0.1) is 0 Å². The number of carbonyl (C=O) groups is 1. The molecular weight excluding hydrogens is 238 g/mol. The molecule has 2 rings (SSSR count). The van der Waals surface area contributed by atoms with E-state index in [9.17, 15) is 4.79 Å². The number of hydrogen-bond donors (Lipinski definition) is 3. The van der Waals surface area contributed by atoms with Crippen LogP contribution in [0.2, 0.25) is 0 Å². The van der Waals surface area contributed by atoms with E-state index in [0.717, 1.165) is 11.3 Å². The predicted molar refractivity (Wildman–Crippen MR) is 65.9 cm³/mol. The van der Waals surface area contributed by atoms with Crippen LogP contribution in [0.5, 0.6) is 0 Å². The minimum absolute atomic E-state index is 0.0860. The Hall–Kier alpha value is -1.66. The van der Waals surface area contributed by atoms with Crippen LogP contribution >= 0.6 is 11.3 Å². The molecule has 0 aliphatic carbocycles. The molecular formula is C11H13N3O2S. The van der Waals surface area contributed by atoms with Crippen molar-refractivity contribution in [3.05, 3.63) is 28.6 Å². The van der Waals surface area contributed by atoms with Gasteiger partial charge in [-0.05, 0) is 24.4 Å². The second-order valence-corrected chi connectivity index (χ2v) is 4.52. The summed E-state index contributed by atoms with van der Waals surface area (Å²) in [4.78, 5) is 11.7. The van der Waals surface area contributed by atoms with Crippen LogP contribution in [0.15, 0.2) is 22.9 Å². The van der Waals surface area contributed by atoms with Crippen LogP contribution in [0.3, 0.4) is 0 Å². The molecule has 0 spiro atoms. The van der Waals surface area contributed by atoms with E-state index in [1.807, 2.05) is 16.8 Å². The Labute approximate surface area is 102 Å². The second kappa shape index (κ2) is 5.11. The minimum atomic E-state index is -0.268. The fourth-order valence-electron chi connectivity index (χ4n) is 1.34. The topological polar surface area (TPSA) is 78.0 Å². The number of hydrogen-bond acceptors (Lipinski definition) is 4. The first-order valence-corrected chi connectivity index (χ1v) is 6.14. The van der Waals surface area contributed by atoms with Crippen LogP contribution in [-0.4, -0.2) is 33.9 Å². The number of aromatic nitrogens is 2. The molecule has 17 heavy (non-hydrogen) atoms. The summed E-state index contributed by atoms with van der Waals surface area (Å²) in [5.74, 6) is -0.263. The van der Waals surface area contributed by atoms with Gasteiger partial charge in [0, 0.05) is 17.0 Å². The lowest BCUT2D eigenvalue weighted by atomic mass is 10.2. The third kappa shape index (κ3) is 2.72. The van der Waals surface area contributed by atoms with Gasteiger partial charge in [0.2, 0.25) is 0 Å². The molecule has 2 aromatic rings. The number of aromatic amines is 1. The molecule has 0 radical (unpaired) electrons. The maximum absolute atomic E-state index is 11.7. The third-order valence-electron chi connectivity index (χ3n) is 2.29. The maximum Gasteiger partial charge on any atom is 0.269 e. The SMILES string of the molecule is C[C@@H](CO)NC(=O)c1cc(-c2ccsc2)n[nH]1. The van der Waals surface area contributed by atoms with Crippen molar-refractivity contribution in [2.45, 2.75) is 13.0 Å². The minimum Gasteiger partial charge on any atom is -0.394 e. The first-order valence-electron chi connectivity index (χ1n) is 5.20. The number of amides is 1. The smallest absolute Gasteiger partial charge is 0.269 e. The Morgan fingerprint density at radius 1 is 1.71 bits per heavy atom. The van der Waals surface area contributed by atoms with Gasteiger partial charge in [-0.25, -0.2) is 0 Å². The van der Waals surface area contributed by atoms with Gasteiger partial charge in [0.25, 0.3) is 5.91 Å². The van der Waals surface area contributed by atoms with Gasteiger partial charge in [0.05, 0.1) is 12.3 Å². The average molecular weight is 251 g/mol. The molecule has 2 heterocycles. The van der Waals surface area contributed by atoms with Crippen molar-refractivity contribution in [3.63, 3.8) is 0 Å². The highest BCUT2D eigenvalue weighted by molar-refractivity contribution is 7.08. The van der Waals surface area contributed by atoms with E-state index in [-0.39, 0.29) is 18.6 Å². The molecule has 90 valence electrons. The molecule has 0 aliphatic heterocycles. The van der Waals surface area contributed by atoms with Gasteiger partial charge >= 0.3 is 0 Å². The lowest BCUT2D eigenvalue weighted by Gasteiger charge is -2.08. The number of nitrogens with zero attached hydrogens (tertiary/aromatic N) is 1. The van der Waals surface area contributed by atoms with Gasteiger partial charge in [0.15, 0.2) is 0 Å². The molecule has 6 heteroatoms. The lowest BCUT2D eigenvalue weighted by molar-refractivity contribution is 0.0917. The van der Waals surface area contributed by atoms with E-state index in [0.29, 0.717) is 5.69 Å². The zero-order valence-corrected chi connectivity index (χ0v) is 10.1. The summed E-state index contributed by atoms with van der Waals surface area (Å²) >= 11 is 1.58. The Morgan fingerprint density at radius 3 is 3.18 bits per heavy atom. The third-order valence-corrected chi connectivity index (χ3v) is 2.97. The van der Waals surface area contributed by atoms with Gasteiger partial charge in [0.1, 0.15) is 5.69 Å². The largest absolute Gasteiger partial charge is 0.394 e. The first-order chi connectivity index (χ1) is 8.20. The number of aliphatic hydroxyl groups excluding tert-OH is 1. The van der Waals surface area contributed by atoms with E-state index in [1.165, 1.54) is 0 Å². The summed E-state index contributed by atoms with van der Waals surface area (Å²) in [6.07, 6.45) is 0. The maximum atomic E-state index is 11.7. The molecule has 0 aliphatic rings. The summed E-state index contributed by atoms with van der Waals surface area (Å²) in [5.41, 5.74) is 2.13. The highest BCUT2D eigenvalue weighted by Gasteiger charge is 2.12.